The van der Waals surface area contributed by atoms with Crippen LogP contribution in [0.4, 0.5) is 0 Å². The predicted molar refractivity (Wildman–Crippen MR) is 319 cm³/mol. The van der Waals surface area contributed by atoms with E-state index in [1.54, 1.807) is 0 Å². The Morgan fingerprint density at radius 3 is 0.908 bits per heavy atom. The van der Waals surface area contributed by atoms with Crippen LogP contribution in [0, 0.1) is 22.7 Å². The zero-order valence-electron chi connectivity index (χ0n) is 47.6. The van der Waals surface area contributed by atoms with E-state index in [9.17, 15) is 10.5 Å². The third-order valence-electron chi connectivity index (χ3n) is 14.0. The molecule has 0 radical (unpaired) electrons. The van der Waals surface area contributed by atoms with Crippen LogP contribution in [-0.4, -0.2) is 39.6 Å². The molecule has 0 aliphatic heterocycles. The van der Waals surface area contributed by atoms with E-state index in [-0.39, 0.29) is 0 Å². The monoisotopic (exact) mass is 1030 g/mol. The van der Waals surface area contributed by atoms with Crippen LogP contribution in [0.5, 0.6) is 34.5 Å². The Balaban J connectivity index is 1.75. The number of hydrogen-bond donors (Lipinski definition) is 0. The molecule has 76 heavy (non-hydrogen) atoms. The maximum atomic E-state index is 11.4. The molecule has 0 atom stereocenters. The van der Waals surface area contributed by atoms with Crippen molar-refractivity contribution < 1.29 is 28.4 Å². The molecule has 8 heteroatoms. The lowest BCUT2D eigenvalue weighted by atomic mass is 9.94. The second-order valence-electron chi connectivity index (χ2n) is 20.3. The van der Waals surface area contributed by atoms with Gasteiger partial charge in [-0.25, -0.2) is 0 Å². The standard InChI is InChI=1S/C68H92N2O6/c1-7-13-19-29-39-71-63-47-53(67(75-43-33-23-17-11-5)59-37-27-25-35-57(59)63)45-55(51-69)61-49-66(74-42-32-22-16-10-4)62(50-65(61)73-41-31-21-15-9-3)56(52-70)46-54-48-64(72-40-30-20-14-8-2)58-36-26-28-38-60(58)68(54)76-44-34-24-18-12-6/h25-28,35-38,45-50H,7-24,29-34,39-44H2,1-6H3/b55-45+,56-46+. The van der Waals surface area contributed by atoms with E-state index in [2.05, 4.69) is 77.9 Å². The number of nitriles is 2. The number of benzene rings is 5. The number of nitrogens with zero attached hydrogens (tertiary/aromatic N) is 2. The lowest BCUT2D eigenvalue weighted by Gasteiger charge is -2.20. The average molecular weight is 1030 g/mol. The number of allylic oxidation sites excluding steroid dienone is 2. The van der Waals surface area contributed by atoms with Crippen LogP contribution in [0.15, 0.2) is 72.8 Å². The molecule has 8 nitrogen and oxygen atoms in total. The van der Waals surface area contributed by atoms with Gasteiger partial charge in [-0.3, -0.25) is 0 Å². The van der Waals surface area contributed by atoms with E-state index in [4.69, 9.17) is 28.4 Å². The number of hydrogen-bond acceptors (Lipinski definition) is 8. The molecular formula is C68H92N2O6. The van der Waals surface area contributed by atoms with Crippen LogP contribution < -0.4 is 28.4 Å². The maximum Gasteiger partial charge on any atom is 0.134 e. The van der Waals surface area contributed by atoms with Gasteiger partial charge in [-0.1, -0.05) is 206 Å². The van der Waals surface area contributed by atoms with Crippen molar-refractivity contribution in [3.05, 3.63) is 95.1 Å². The van der Waals surface area contributed by atoms with Crippen molar-refractivity contribution in [3.63, 3.8) is 0 Å². The van der Waals surface area contributed by atoms with E-state index < -0.39 is 0 Å². The normalized spacial score (nSPS) is 11.7. The van der Waals surface area contributed by atoms with Crippen LogP contribution in [-0.2, 0) is 0 Å². The van der Waals surface area contributed by atoms with Crippen LogP contribution in [0.3, 0.4) is 0 Å². The molecule has 0 unspecified atom stereocenters. The van der Waals surface area contributed by atoms with E-state index in [1.807, 2.05) is 60.7 Å². The summed E-state index contributed by atoms with van der Waals surface area (Å²) in [6.45, 7) is 16.5. The molecule has 0 saturated heterocycles. The van der Waals surface area contributed by atoms with E-state index in [0.29, 0.717) is 73.4 Å². The summed E-state index contributed by atoms with van der Waals surface area (Å²) in [4.78, 5) is 0. The first-order chi connectivity index (χ1) is 37.5. The summed E-state index contributed by atoms with van der Waals surface area (Å²) < 4.78 is 40.2. The molecule has 0 N–H and O–H groups in total. The summed E-state index contributed by atoms with van der Waals surface area (Å²) in [5.41, 5.74) is 3.48. The fourth-order valence-corrected chi connectivity index (χ4v) is 9.57. The largest absolute Gasteiger partial charge is 0.493 e. The fraction of sp³-hybridized carbons (Fsp3) is 0.529. The van der Waals surface area contributed by atoms with Gasteiger partial charge < -0.3 is 28.4 Å². The van der Waals surface area contributed by atoms with Gasteiger partial charge in [0.25, 0.3) is 0 Å². The minimum atomic E-state index is 0.391. The highest BCUT2D eigenvalue weighted by atomic mass is 16.5. The third kappa shape index (κ3) is 19.2. The quantitative estimate of drug-likeness (QED) is 0.0217. The Morgan fingerprint density at radius 1 is 0.342 bits per heavy atom. The van der Waals surface area contributed by atoms with E-state index >= 15 is 0 Å². The molecule has 5 aromatic carbocycles. The van der Waals surface area contributed by atoms with Gasteiger partial charge in [-0.15, -0.1) is 0 Å². The molecule has 5 aromatic rings. The fourth-order valence-electron chi connectivity index (χ4n) is 9.57. The summed E-state index contributed by atoms with van der Waals surface area (Å²) in [7, 11) is 0. The topological polar surface area (TPSA) is 103 Å². The Bertz CT molecular complexity index is 2450. The average Bonchev–Trinajstić information content (AvgIpc) is 3.46. The van der Waals surface area contributed by atoms with Crippen LogP contribution in [0.25, 0.3) is 44.8 Å². The van der Waals surface area contributed by atoms with Gasteiger partial charge in [0.15, 0.2) is 0 Å². The first-order valence-corrected chi connectivity index (χ1v) is 29.8. The molecular weight excluding hydrogens is 941 g/mol. The van der Waals surface area contributed by atoms with Gasteiger partial charge in [-0.2, -0.15) is 10.5 Å². The van der Waals surface area contributed by atoms with Gasteiger partial charge in [0.1, 0.15) is 34.5 Å². The number of unbranched alkanes of at least 4 members (excludes halogenated alkanes) is 18. The van der Waals surface area contributed by atoms with Gasteiger partial charge in [0.2, 0.25) is 0 Å². The number of ether oxygens (including phenoxy) is 6. The van der Waals surface area contributed by atoms with Crippen molar-refractivity contribution in [1.82, 2.24) is 0 Å². The molecule has 410 valence electrons. The number of rotatable bonds is 40. The first-order valence-electron chi connectivity index (χ1n) is 29.8. The number of fused-ring (bicyclic) bond motifs is 2. The first kappa shape index (κ1) is 60.7. The molecule has 0 heterocycles. The zero-order valence-corrected chi connectivity index (χ0v) is 47.6. The predicted octanol–water partition coefficient (Wildman–Crippen LogP) is 19.9. The second-order valence-corrected chi connectivity index (χ2v) is 20.3. The smallest absolute Gasteiger partial charge is 0.134 e. The molecule has 0 amide bonds. The van der Waals surface area contributed by atoms with Crippen molar-refractivity contribution >= 4 is 44.8 Å². The summed E-state index contributed by atoms with van der Waals surface area (Å²) in [6.07, 6.45) is 29.3. The molecule has 0 aliphatic rings. The molecule has 0 aliphatic carbocycles. The second kappa shape index (κ2) is 36.0. The maximum absolute atomic E-state index is 11.4. The molecule has 0 spiro atoms. The van der Waals surface area contributed by atoms with Crippen molar-refractivity contribution in [3.8, 4) is 46.6 Å². The Morgan fingerprint density at radius 2 is 0.618 bits per heavy atom. The summed E-state index contributed by atoms with van der Waals surface area (Å²) in [5.74, 6) is 4.00. The third-order valence-corrected chi connectivity index (χ3v) is 14.0. The Labute approximate surface area is 458 Å². The summed E-state index contributed by atoms with van der Waals surface area (Å²) >= 11 is 0. The van der Waals surface area contributed by atoms with Crippen LogP contribution in [0.1, 0.15) is 218 Å². The molecule has 0 saturated carbocycles. The minimum Gasteiger partial charge on any atom is -0.493 e. The Hall–Kier alpha value is -6.12. The van der Waals surface area contributed by atoms with Gasteiger partial charge in [-0.05, 0) is 74.9 Å². The SMILES string of the molecule is CCCCCCOc1cc(/C(C#N)=C/c2cc(OCCCCCC)c3ccccc3c2OCCCCCC)c(OCCCCCC)cc1/C(C#N)=C/c1cc(OCCCCCC)c2ccccc2c1OCCCCCC. The molecule has 0 aromatic heterocycles. The lowest BCUT2D eigenvalue weighted by molar-refractivity contribution is 0.295. The van der Waals surface area contributed by atoms with Crippen LogP contribution in [0.2, 0.25) is 0 Å². The van der Waals surface area contributed by atoms with E-state index in [1.165, 1.54) is 12.8 Å². The molecule has 0 fully saturated rings. The lowest BCUT2D eigenvalue weighted by Crippen LogP contribution is -2.06. The van der Waals surface area contributed by atoms with Crippen molar-refractivity contribution in [2.45, 2.75) is 196 Å². The van der Waals surface area contributed by atoms with Gasteiger partial charge in [0, 0.05) is 43.8 Å². The minimum absolute atomic E-state index is 0.391. The van der Waals surface area contributed by atoms with Gasteiger partial charge in [0.05, 0.1) is 62.9 Å². The summed E-state index contributed by atoms with van der Waals surface area (Å²) in [6, 6.07) is 29.6. The van der Waals surface area contributed by atoms with Gasteiger partial charge >= 0.3 is 0 Å². The zero-order chi connectivity index (χ0) is 54.0. The van der Waals surface area contributed by atoms with Crippen LogP contribution >= 0.6 is 0 Å². The van der Waals surface area contributed by atoms with E-state index in [0.717, 1.165) is 197 Å². The van der Waals surface area contributed by atoms with Crippen molar-refractivity contribution in [1.29, 1.82) is 10.5 Å². The highest BCUT2D eigenvalue weighted by Gasteiger charge is 2.23. The highest BCUT2D eigenvalue weighted by molar-refractivity contribution is 6.03. The van der Waals surface area contributed by atoms with Crippen molar-refractivity contribution in [2.75, 3.05) is 39.6 Å². The van der Waals surface area contributed by atoms with Crippen molar-refractivity contribution in [2.24, 2.45) is 0 Å². The highest BCUT2D eigenvalue weighted by Crippen LogP contribution is 2.44. The molecule has 5 rings (SSSR count). The Kier molecular flexibility index (Phi) is 28.8. The molecule has 0 bridgehead atoms. The summed E-state index contributed by atoms with van der Waals surface area (Å²) in [5, 5.41) is 26.5.